The maximum Gasteiger partial charge on any atom is 0.0712 e. The van der Waals surface area contributed by atoms with Crippen LogP contribution in [0.15, 0.2) is 12.1 Å². The zero-order valence-corrected chi connectivity index (χ0v) is 7.56. The number of hydrogen-bond acceptors (Lipinski definition) is 3. The van der Waals surface area contributed by atoms with Gasteiger partial charge in [0.25, 0.3) is 0 Å². The van der Waals surface area contributed by atoms with Crippen molar-refractivity contribution in [2.75, 3.05) is 0 Å². The summed E-state index contributed by atoms with van der Waals surface area (Å²) in [6, 6.07) is 3.76. The molecular weight excluding hydrogens is 158 g/mol. The minimum atomic E-state index is -0.465. The molecule has 1 aromatic rings. The van der Waals surface area contributed by atoms with E-state index >= 15 is 0 Å². The molecule has 62 valence electrons. The molecule has 0 spiro atoms. The summed E-state index contributed by atoms with van der Waals surface area (Å²) in [5.74, 6) is 0. The van der Waals surface area contributed by atoms with Gasteiger partial charge >= 0.3 is 0 Å². The molecule has 3 N–H and O–H groups in total. The third-order valence-corrected chi connectivity index (χ3v) is 2.71. The Morgan fingerprint density at radius 2 is 2.18 bits per heavy atom. The highest BCUT2D eigenvalue weighted by atomic mass is 32.1. The summed E-state index contributed by atoms with van der Waals surface area (Å²) < 4.78 is 0. The van der Waals surface area contributed by atoms with Crippen LogP contribution in [-0.2, 0) is 0 Å². The van der Waals surface area contributed by atoms with E-state index in [0.29, 0.717) is 0 Å². The van der Waals surface area contributed by atoms with Crippen LogP contribution in [-0.4, -0.2) is 11.2 Å². The van der Waals surface area contributed by atoms with Crippen molar-refractivity contribution < 1.29 is 5.11 Å². The van der Waals surface area contributed by atoms with Crippen molar-refractivity contribution in [3.8, 4) is 0 Å². The molecule has 2 atom stereocenters. The topological polar surface area (TPSA) is 46.2 Å². The molecule has 0 fully saturated rings. The summed E-state index contributed by atoms with van der Waals surface area (Å²) >= 11 is 1.64. The lowest BCUT2D eigenvalue weighted by molar-refractivity contribution is 0.165. The second-order valence-corrected chi connectivity index (χ2v) is 4.03. The standard InChI is InChI=1S/C8H13NOS/c1-5-3-4-7(11-5)8(9)6(2)10/h3-4,6,8,10H,9H2,1-2H3/t6-,8+/m0/s1. The van der Waals surface area contributed by atoms with Gasteiger partial charge in [0, 0.05) is 9.75 Å². The summed E-state index contributed by atoms with van der Waals surface area (Å²) in [6.45, 7) is 3.74. The third kappa shape index (κ3) is 2.02. The van der Waals surface area contributed by atoms with Gasteiger partial charge < -0.3 is 10.8 Å². The molecule has 0 amide bonds. The lowest BCUT2D eigenvalue weighted by Crippen LogP contribution is -2.21. The highest BCUT2D eigenvalue weighted by molar-refractivity contribution is 7.12. The molecule has 3 heteroatoms. The van der Waals surface area contributed by atoms with Crippen molar-refractivity contribution >= 4 is 11.3 Å². The van der Waals surface area contributed by atoms with E-state index in [2.05, 4.69) is 0 Å². The summed E-state index contributed by atoms with van der Waals surface area (Å²) in [4.78, 5) is 2.29. The second-order valence-electron chi connectivity index (χ2n) is 2.71. The fourth-order valence-corrected chi connectivity index (χ4v) is 1.85. The SMILES string of the molecule is Cc1ccc([C@H](N)[C@H](C)O)s1. The number of aliphatic hydroxyl groups is 1. The molecule has 0 aromatic carbocycles. The number of nitrogens with two attached hydrogens (primary N) is 1. The second kappa shape index (κ2) is 3.34. The highest BCUT2D eigenvalue weighted by Crippen LogP contribution is 2.22. The van der Waals surface area contributed by atoms with Gasteiger partial charge in [-0.15, -0.1) is 11.3 Å². The highest BCUT2D eigenvalue weighted by Gasteiger charge is 2.12. The minimum Gasteiger partial charge on any atom is -0.391 e. The first-order valence-electron chi connectivity index (χ1n) is 3.61. The van der Waals surface area contributed by atoms with Crippen molar-refractivity contribution in [1.29, 1.82) is 0 Å². The van der Waals surface area contributed by atoms with Gasteiger partial charge in [-0.05, 0) is 26.0 Å². The zero-order valence-electron chi connectivity index (χ0n) is 6.74. The summed E-state index contributed by atoms with van der Waals surface area (Å²) in [5.41, 5.74) is 5.71. The van der Waals surface area contributed by atoms with Crippen LogP contribution >= 0.6 is 11.3 Å². The Hall–Kier alpha value is -0.380. The van der Waals surface area contributed by atoms with Gasteiger partial charge in [-0.25, -0.2) is 0 Å². The van der Waals surface area contributed by atoms with Crippen LogP contribution in [0.3, 0.4) is 0 Å². The number of thiophene rings is 1. The third-order valence-electron chi connectivity index (χ3n) is 1.61. The van der Waals surface area contributed by atoms with Crippen LogP contribution < -0.4 is 5.73 Å². The quantitative estimate of drug-likeness (QED) is 0.707. The van der Waals surface area contributed by atoms with Gasteiger partial charge in [0.15, 0.2) is 0 Å². The summed E-state index contributed by atoms with van der Waals surface area (Å²) in [6.07, 6.45) is -0.465. The molecule has 0 unspecified atom stereocenters. The van der Waals surface area contributed by atoms with Crippen molar-refractivity contribution in [1.82, 2.24) is 0 Å². The van der Waals surface area contributed by atoms with E-state index < -0.39 is 6.10 Å². The average Bonchev–Trinajstić information content (AvgIpc) is 2.34. The zero-order chi connectivity index (χ0) is 8.43. The molecule has 1 aromatic heterocycles. The Kier molecular flexibility index (Phi) is 2.65. The fraction of sp³-hybridized carbons (Fsp3) is 0.500. The molecule has 0 radical (unpaired) electrons. The van der Waals surface area contributed by atoms with E-state index in [4.69, 9.17) is 10.8 Å². The van der Waals surface area contributed by atoms with E-state index in [1.54, 1.807) is 18.3 Å². The Labute approximate surface area is 70.7 Å². The van der Waals surface area contributed by atoms with Gasteiger partial charge in [0.1, 0.15) is 0 Å². The molecule has 0 saturated carbocycles. The van der Waals surface area contributed by atoms with E-state index in [1.807, 2.05) is 19.1 Å². The summed E-state index contributed by atoms with van der Waals surface area (Å²) in [7, 11) is 0. The Balaban J connectivity index is 2.76. The first-order valence-corrected chi connectivity index (χ1v) is 4.43. The summed E-state index contributed by atoms with van der Waals surface area (Å²) in [5, 5.41) is 9.17. The van der Waals surface area contributed by atoms with Gasteiger partial charge in [-0.1, -0.05) is 0 Å². The molecule has 0 aliphatic rings. The van der Waals surface area contributed by atoms with Gasteiger partial charge in [-0.3, -0.25) is 0 Å². The molecular formula is C8H13NOS. The molecule has 0 aliphatic heterocycles. The van der Waals surface area contributed by atoms with Gasteiger partial charge in [0.05, 0.1) is 12.1 Å². The largest absolute Gasteiger partial charge is 0.391 e. The van der Waals surface area contributed by atoms with E-state index in [9.17, 15) is 0 Å². The normalized spacial score (nSPS) is 16.4. The Bertz CT molecular complexity index is 232. The van der Waals surface area contributed by atoms with Crippen LogP contribution in [0.25, 0.3) is 0 Å². The predicted molar refractivity (Wildman–Crippen MR) is 47.7 cm³/mol. The van der Waals surface area contributed by atoms with Crippen LogP contribution in [0.1, 0.15) is 22.7 Å². The number of rotatable bonds is 2. The molecule has 1 rings (SSSR count). The lowest BCUT2D eigenvalue weighted by Gasteiger charge is -2.11. The van der Waals surface area contributed by atoms with Crippen molar-refractivity contribution in [2.24, 2.45) is 5.73 Å². The van der Waals surface area contributed by atoms with Crippen molar-refractivity contribution in [2.45, 2.75) is 26.0 Å². The van der Waals surface area contributed by atoms with Crippen LogP contribution in [0.4, 0.5) is 0 Å². The monoisotopic (exact) mass is 171 g/mol. The van der Waals surface area contributed by atoms with Crippen molar-refractivity contribution in [3.05, 3.63) is 21.9 Å². The molecule has 11 heavy (non-hydrogen) atoms. The average molecular weight is 171 g/mol. The molecule has 0 aliphatic carbocycles. The maximum atomic E-state index is 9.17. The predicted octanol–water partition coefficient (Wildman–Crippen LogP) is 1.44. The van der Waals surface area contributed by atoms with Crippen molar-refractivity contribution in [3.63, 3.8) is 0 Å². The Morgan fingerprint density at radius 3 is 2.55 bits per heavy atom. The number of aryl methyl sites for hydroxylation is 1. The van der Waals surface area contributed by atoms with Crippen LogP contribution in [0.5, 0.6) is 0 Å². The lowest BCUT2D eigenvalue weighted by atomic mass is 10.1. The van der Waals surface area contributed by atoms with E-state index in [-0.39, 0.29) is 6.04 Å². The Morgan fingerprint density at radius 1 is 1.55 bits per heavy atom. The number of aliphatic hydroxyl groups excluding tert-OH is 1. The van der Waals surface area contributed by atoms with Crippen LogP contribution in [0.2, 0.25) is 0 Å². The molecule has 2 nitrogen and oxygen atoms in total. The van der Waals surface area contributed by atoms with Gasteiger partial charge in [-0.2, -0.15) is 0 Å². The minimum absolute atomic E-state index is 0.228. The smallest absolute Gasteiger partial charge is 0.0712 e. The maximum absolute atomic E-state index is 9.17. The first kappa shape index (κ1) is 8.71. The molecule has 0 saturated heterocycles. The first-order chi connectivity index (χ1) is 5.11. The fourth-order valence-electron chi connectivity index (χ4n) is 0.870. The van der Waals surface area contributed by atoms with E-state index in [1.165, 1.54) is 4.88 Å². The molecule has 0 bridgehead atoms. The molecule has 1 heterocycles. The van der Waals surface area contributed by atoms with Gasteiger partial charge in [0.2, 0.25) is 0 Å². The van der Waals surface area contributed by atoms with E-state index in [0.717, 1.165) is 4.88 Å². The number of hydrogen-bond donors (Lipinski definition) is 2. The van der Waals surface area contributed by atoms with Crippen LogP contribution in [0, 0.1) is 6.92 Å².